The predicted molar refractivity (Wildman–Crippen MR) is 111 cm³/mol. The van der Waals surface area contributed by atoms with Crippen LogP contribution in [0.2, 0.25) is 0 Å². The lowest BCUT2D eigenvalue weighted by atomic mass is 9.89. The van der Waals surface area contributed by atoms with E-state index in [9.17, 15) is 9.59 Å². The van der Waals surface area contributed by atoms with Crippen LogP contribution in [-0.4, -0.2) is 25.0 Å². The number of benzene rings is 3. The number of hydrogen-bond donors (Lipinski definition) is 1. The van der Waals surface area contributed by atoms with Gasteiger partial charge in [0.1, 0.15) is 0 Å². The number of ether oxygens (including phenoxy) is 1. The van der Waals surface area contributed by atoms with Crippen LogP contribution in [-0.2, 0) is 9.53 Å². The van der Waals surface area contributed by atoms with Gasteiger partial charge >= 0.3 is 5.97 Å². The van der Waals surface area contributed by atoms with E-state index in [0.29, 0.717) is 18.0 Å². The molecule has 3 aromatic rings. The van der Waals surface area contributed by atoms with Gasteiger partial charge in [-0.05, 0) is 46.4 Å². The summed E-state index contributed by atoms with van der Waals surface area (Å²) in [5.41, 5.74) is 0.522. The zero-order chi connectivity index (χ0) is 19.3. The molecule has 0 spiro atoms. The Labute approximate surface area is 164 Å². The fraction of sp³-hybridized carbons (Fsp3) is 0.333. The van der Waals surface area contributed by atoms with Crippen LogP contribution in [0, 0.1) is 5.92 Å². The van der Waals surface area contributed by atoms with E-state index in [1.807, 2.05) is 48.5 Å². The molecule has 0 radical (unpaired) electrons. The molecule has 3 aromatic carbocycles. The Morgan fingerprint density at radius 2 is 1.50 bits per heavy atom. The van der Waals surface area contributed by atoms with E-state index in [4.69, 9.17) is 4.74 Å². The monoisotopic (exact) mass is 375 g/mol. The zero-order valence-electron chi connectivity index (χ0n) is 15.9. The first-order valence-corrected chi connectivity index (χ1v) is 10.1. The van der Waals surface area contributed by atoms with Crippen molar-refractivity contribution in [3.8, 4) is 0 Å². The third-order valence-electron chi connectivity index (χ3n) is 5.62. The smallest absolute Gasteiger partial charge is 0.339 e. The number of rotatable bonds is 5. The van der Waals surface area contributed by atoms with Gasteiger partial charge in [0.2, 0.25) is 0 Å². The van der Waals surface area contributed by atoms with E-state index in [2.05, 4.69) is 11.4 Å². The van der Waals surface area contributed by atoms with Crippen LogP contribution in [0.15, 0.2) is 54.6 Å². The topological polar surface area (TPSA) is 55.4 Å². The molecule has 0 saturated heterocycles. The highest BCUT2D eigenvalue weighted by atomic mass is 16.5. The Balaban J connectivity index is 1.48. The highest BCUT2D eigenvalue weighted by Crippen LogP contribution is 2.29. The fourth-order valence-corrected chi connectivity index (χ4v) is 4.14. The highest BCUT2D eigenvalue weighted by Gasteiger charge is 2.18. The molecule has 0 heterocycles. The number of fused-ring (bicyclic) bond motifs is 2. The lowest BCUT2D eigenvalue weighted by Crippen LogP contribution is -2.33. The molecular weight excluding hydrogens is 350 g/mol. The van der Waals surface area contributed by atoms with Gasteiger partial charge in [0.05, 0.1) is 5.56 Å². The molecule has 4 rings (SSSR count). The predicted octanol–water partition coefficient (Wildman–Crippen LogP) is 4.85. The molecule has 0 aromatic heterocycles. The molecule has 0 aliphatic heterocycles. The van der Waals surface area contributed by atoms with Crippen LogP contribution in [0.3, 0.4) is 0 Å². The minimum Gasteiger partial charge on any atom is -0.452 e. The van der Waals surface area contributed by atoms with Crippen molar-refractivity contribution < 1.29 is 14.3 Å². The lowest BCUT2D eigenvalue weighted by molar-refractivity contribution is -0.124. The summed E-state index contributed by atoms with van der Waals surface area (Å²) in [6.45, 7) is 0.427. The summed E-state index contributed by atoms with van der Waals surface area (Å²) in [6.07, 6.45) is 6.11. The molecule has 0 unspecified atom stereocenters. The van der Waals surface area contributed by atoms with Crippen LogP contribution in [0.25, 0.3) is 21.5 Å². The summed E-state index contributed by atoms with van der Waals surface area (Å²) >= 11 is 0. The minimum absolute atomic E-state index is 0.233. The van der Waals surface area contributed by atoms with Gasteiger partial charge in [-0.1, -0.05) is 67.8 Å². The Hall–Kier alpha value is -2.88. The van der Waals surface area contributed by atoms with Crippen LogP contribution < -0.4 is 5.32 Å². The van der Waals surface area contributed by atoms with Crippen molar-refractivity contribution in [2.24, 2.45) is 5.92 Å². The quantitative estimate of drug-likeness (QED) is 0.512. The third-order valence-corrected chi connectivity index (χ3v) is 5.62. The second-order valence-electron chi connectivity index (χ2n) is 7.58. The van der Waals surface area contributed by atoms with Gasteiger partial charge in [0, 0.05) is 6.54 Å². The van der Waals surface area contributed by atoms with E-state index in [1.54, 1.807) is 0 Å². The molecule has 1 N–H and O–H groups in total. The molecule has 28 heavy (non-hydrogen) atoms. The Bertz CT molecular complexity index is 951. The third kappa shape index (κ3) is 4.01. The van der Waals surface area contributed by atoms with Gasteiger partial charge in [0.25, 0.3) is 5.91 Å². The van der Waals surface area contributed by atoms with E-state index in [-0.39, 0.29) is 12.5 Å². The Morgan fingerprint density at radius 3 is 2.14 bits per heavy atom. The molecule has 4 nitrogen and oxygen atoms in total. The number of esters is 1. The van der Waals surface area contributed by atoms with Crippen LogP contribution in [0.5, 0.6) is 0 Å². The molecule has 1 fully saturated rings. The molecule has 1 aliphatic rings. The van der Waals surface area contributed by atoms with Crippen molar-refractivity contribution in [3.63, 3.8) is 0 Å². The number of amides is 1. The van der Waals surface area contributed by atoms with Crippen LogP contribution in [0.1, 0.15) is 42.5 Å². The van der Waals surface area contributed by atoms with E-state index >= 15 is 0 Å². The standard InChI is InChI=1S/C24H25NO3/c26-22(25-15-17-8-2-1-3-9-17)16-28-24(27)23-20-12-6-4-10-18(20)14-19-11-5-7-13-21(19)23/h4-7,10-14,17H,1-3,8-9,15-16H2,(H,25,26). The second-order valence-corrected chi connectivity index (χ2v) is 7.58. The summed E-state index contributed by atoms with van der Waals surface area (Å²) in [6, 6.07) is 17.6. The van der Waals surface area contributed by atoms with E-state index in [0.717, 1.165) is 21.5 Å². The number of nitrogens with one attached hydrogen (secondary N) is 1. The van der Waals surface area contributed by atoms with Gasteiger partial charge in [-0.15, -0.1) is 0 Å². The number of carbonyl (C=O) groups is 2. The summed E-state index contributed by atoms with van der Waals surface area (Å²) in [5, 5.41) is 6.56. The van der Waals surface area contributed by atoms with Crippen LogP contribution in [0.4, 0.5) is 0 Å². The Morgan fingerprint density at radius 1 is 0.893 bits per heavy atom. The highest BCUT2D eigenvalue weighted by molar-refractivity contribution is 6.16. The average molecular weight is 375 g/mol. The first kappa shape index (κ1) is 18.5. The average Bonchev–Trinajstić information content (AvgIpc) is 2.75. The zero-order valence-corrected chi connectivity index (χ0v) is 15.9. The molecule has 0 bridgehead atoms. The van der Waals surface area contributed by atoms with Gasteiger partial charge in [0.15, 0.2) is 6.61 Å². The van der Waals surface area contributed by atoms with Crippen molar-refractivity contribution in [2.45, 2.75) is 32.1 Å². The van der Waals surface area contributed by atoms with Gasteiger partial charge in [-0.25, -0.2) is 4.79 Å². The van der Waals surface area contributed by atoms with Crippen molar-refractivity contribution in [2.75, 3.05) is 13.2 Å². The molecule has 1 amide bonds. The summed E-state index contributed by atoms with van der Waals surface area (Å²) < 4.78 is 5.40. The summed E-state index contributed by atoms with van der Waals surface area (Å²) in [5.74, 6) is -0.139. The van der Waals surface area contributed by atoms with E-state index < -0.39 is 5.97 Å². The van der Waals surface area contributed by atoms with Gasteiger partial charge in [-0.2, -0.15) is 0 Å². The number of hydrogen-bond acceptors (Lipinski definition) is 3. The summed E-state index contributed by atoms with van der Waals surface area (Å²) in [4.78, 5) is 25.0. The molecule has 0 atom stereocenters. The minimum atomic E-state index is -0.458. The molecule has 1 saturated carbocycles. The largest absolute Gasteiger partial charge is 0.452 e. The SMILES string of the molecule is O=C(COC(=O)c1c2ccccc2cc2ccccc12)NCC1CCCCC1. The molecule has 1 aliphatic carbocycles. The summed E-state index contributed by atoms with van der Waals surface area (Å²) in [7, 11) is 0. The van der Waals surface area contributed by atoms with Crippen molar-refractivity contribution in [3.05, 3.63) is 60.2 Å². The molecule has 144 valence electrons. The normalized spacial score (nSPS) is 14.9. The van der Waals surface area contributed by atoms with Crippen LogP contribution >= 0.6 is 0 Å². The second kappa shape index (κ2) is 8.42. The maximum Gasteiger partial charge on any atom is 0.339 e. The van der Waals surface area contributed by atoms with Gasteiger partial charge in [-0.3, -0.25) is 4.79 Å². The maximum atomic E-state index is 12.9. The number of carbonyl (C=O) groups excluding carboxylic acids is 2. The lowest BCUT2D eigenvalue weighted by Gasteiger charge is -2.21. The Kier molecular flexibility index (Phi) is 5.56. The first-order chi connectivity index (χ1) is 13.7. The van der Waals surface area contributed by atoms with Crippen molar-refractivity contribution >= 4 is 33.4 Å². The van der Waals surface area contributed by atoms with E-state index in [1.165, 1.54) is 32.1 Å². The van der Waals surface area contributed by atoms with Gasteiger partial charge < -0.3 is 10.1 Å². The van der Waals surface area contributed by atoms with Crippen molar-refractivity contribution in [1.29, 1.82) is 0 Å². The molecular formula is C24H25NO3. The first-order valence-electron chi connectivity index (χ1n) is 10.1. The fourth-order valence-electron chi connectivity index (χ4n) is 4.14. The molecule has 4 heteroatoms. The maximum absolute atomic E-state index is 12.9. The van der Waals surface area contributed by atoms with Crippen molar-refractivity contribution in [1.82, 2.24) is 5.32 Å².